The zero-order chi connectivity index (χ0) is 27.0. The Morgan fingerprint density at radius 2 is 1.50 bits per heavy atom. The highest BCUT2D eigenvalue weighted by molar-refractivity contribution is 7.80. The molecule has 0 bridgehead atoms. The third-order valence-corrected chi connectivity index (χ3v) is 4.83. The van der Waals surface area contributed by atoms with Gasteiger partial charge in [-0.05, 0) is 18.3 Å². The average Bonchev–Trinajstić information content (AvgIpc) is 2.75. The molecule has 0 radical (unpaired) electrons. The van der Waals surface area contributed by atoms with Crippen molar-refractivity contribution in [1.82, 2.24) is 5.32 Å². The first-order chi connectivity index (χ1) is 16.9. The lowest BCUT2D eigenvalue weighted by Crippen LogP contribution is -2.66. The molecule has 1 aliphatic rings. The molecule has 0 unspecified atom stereocenters. The number of ether oxygens (including phenoxy) is 5. The summed E-state index contributed by atoms with van der Waals surface area (Å²) >= 11 is 5.26. The van der Waals surface area contributed by atoms with Crippen molar-refractivity contribution in [3.63, 3.8) is 0 Å². The molecule has 1 aromatic carbocycles. The van der Waals surface area contributed by atoms with Crippen molar-refractivity contribution in [2.75, 3.05) is 11.9 Å². The number of nitrogens with zero attached hydrogens (tertiary/aromatic N) is 1. The van der Waals surface area contributed by atoms with Crippen LogP contribution in [0.5, 0.6) is 0 Å². The van der Waals surface area contributed by atoms with Crippen molar-refractivity contribution in [2.45, 2.75) is 58.3 Å². The van der Waals surface area contributed by atoms with Crippen LogP contribution in [0, 0.1) is 10.1 Å². The Hall–Kier alpha value is -3.85. The lowest BCUT2D eigenvalue weighted by atomic mass is 9.97. The lowest BCUT2D eigenvalue weighted by molar-refractivity contribution is -0.383. The number of anilines is 1. The minimum Gasteiger partial charge on any atom is -0.463 e. The zero-order valence-electron chi connectivity index (χ0n) is 19.7. The number of para-hydroxylation sites is 2. The number of carbonyl (C=O) groups is 4. The highest BCUT2D eigenvalue weighted by Crippen LogP contribution is 2.29. The molecule has 1 aromatic rings. The molecule has 2 rings (SSSR count). The van der Waals surface area contributed by atoms with Crippen LogP contribution in [0.3, 0.4) is 0 Å². The Bertz CT molecular complexity index is 1030. The van der Waals surface area contributed by atoms with Gasteiger partial charge >= 0.3 is 23.9 Å². The highest BCUT2D eigenvalue weighted by atomic mass is 32.1. The Balaban J connectivity index is 2.40. The number of rotatable bonds is 8. The molecular weight excluding hydrogens is 502 g/mol. The van der Waals surface area contributed by atoms with E-state index in [2.05, 4.69) is 10.6 Å². The van der Waals surface area contributed by atoms with Gasteiger partial charge in [0.25, 0.3) is 5.69 Å². The molecule has 0 amide bonds. The average molecular weight is 528 g/mol. The van der Waals surface area contributed by atoms with Gasteiger partial charge in [0, 0.05) is 33.8 Å². The van der Waals surface area contributed by atoms with Gasteiger partial charge in [0.15, 0.2) is 29.7 Å². The summed E-state index contributed by atoms with van der Waals surface area (Å²) in [6.45, 7) is 4.02. The van der Waals surface area contributed by atoms with Gasteiger partial charge in [-0.2, -0.15) is 0 Å². The number of nitrogens with one attached hydrogen (secondary N) is 2. The molecule has 0 spiro atoms. The van der Waals surface area contributed by atoms with E-state index in [1.54, 1.807) is 6.07 Å². The van der Waals surface area contributed by atoms with Gasteiger partial charge in [-0.25, -0.2) is 0 Å². The molecule has 1 fully saturated rings. The first-order valence-electron chi connectivity index (χ1n) is 10.5. The standard InChI is InChI=1S/C21H25N3O11S/c1-10(25)31-9-16-17(32-11(2)26)18(33-12(3)27)19(34-13(4)28)20(35-16)23-21(36)22-14-7-5-6-8-15(14)24(29)30/h5-8,16-20H,9H2,1-4H3,(H2,22,23,36)/t16-,17+,18-,19+,20-/m0/s1. The van der Waals surface area contributed by atoms with Crippen LogP contribution in [-0.4, -0.2) is 71.2 Å². The van der Waals surface area contributed by atoms with Crippen molar-refractivity contribution in [2.24, 2.45) is 0 Å². The fraction of sp³-hybridized carbons (Fsp3) is 0.476. The second-order valence-electron chi connectivity index (χ2n) is 7.49. The quantitative estimate of drug-likeness (QED) is 0.160. The van der Waals surface area contributed by atoms with Crippen molar-refractivity contribution in [3.8, 4) is 0 Å². The van der Waals surface area contributed by atoms with E-state index in [1.165, 1.54) is 18.2 Å². The summed E-state index contributed by atoms with van der Waals surface area (Å²) in [7, 11) is 0. The smallest absolute Gasteiger partial charge is 0.303 e. The van der Waals surface area contributed by atoms with Gasteiger partial charge in [-0.15, -0.1) is 0 Å². The molecule has 0 saturated carbocycles. The van der Waals surface area contributed by atoms with Gasteiger partial charge in [-0.3, -0.25) is 29.3 Å². The van der Waals surface area contributed by atoms with E-state index >= 15 is 0 Å². The summed E-state index contributed by atoms with van der Waals surface area (Å²) in [6, 6.07) is 5.70. The molecule has 196 valence electrons. The summed E-state index contributed by atoms with van der Waals surface area (Å²) in [5, 5.41) is 16.5. The number of nitro groups is 1. The minimum absolute atomic E-state index is 0.0608. The predicted molar refractivity (Wildman–Crippen MR) is 124 cm³/mol. The summed E-state index contributed by atoms with van der Waals surface area (Å²) in [5.74, 6) is -3.01. The lowest BCUT2D eigenvalue weighted by Gasteiger charge is -2.44. The Kier molecular flexibility index (Phi) is 10.0. The van der Waals surface area contributed by atoms with Crippen LogP contribution in [-0.2, 0) is 42.9 Å². The van der Waals surface area contributed by atoms with E-state index in [0.29, 0.717) is 0 Å². The van der Waals surface area contributed by atoms with Crippen molar-refractivity contribution < 1.29 is 47.8 Å². The summed E-state index contributed by atoms with van der Waals surface area (Å²) in [4.78, 5) is 57.6. The molecule has 1 saturated heterocycles. The molecule has 0 aliphatic carbocycles. The largest absolute Gasteiger partial charge is 0.463 e. The molecule has 14 nitrogen and oxygen atoms in total. The van der Waals surface area contributed by atoms with Gasteiger partial charge in [0.1, 0.15) is 18.4 Å². The zero-order valence-corrected chi connectivity index (χ0v) is 20.6. The SMILES string of the molecule is CC(=O)OC[C@@H]1O[C@H](NC(=S)Nc2ccccc2[N+](=O)[O-])[C@H](OC(C)=O)[C@@H](OC(C)=O)[C@@H]1OC(C)=O. The Labute approximate surface area is 210 Å². The van der Waals surface area contributed by atoms with Crippen molar-refractivity contribution in [1.29, 1.82) is 0 Å². The van der Waals surface area contributed by atoms with E-state index < -0.39 is 66.1 Å². The molecule has 1 aliphatic heterocycles. The maximum Gasteiger partial charge on any atom is 0.303 e. The number of benzene rings is 1. The maximum atomic E-state index is 11.9. The van der Waals surface area contributed by atoms with E-state index in [1.807, 2.05) is 0 Å². The number of hydrogen-bond donors (Lipinski definition) is 2. The minimum atomic E-state index is -1.39. The van der Waals surface area contributed by atoms with E-state index in [-0.39, 0.29) is 16.5 Å². The highest BCUT2D eigenvalue weighted by Gasteiger charge is 2.52. The van der Waals surface area contributed by atoms with Crippen molar-refractivity contribution in [3.05, 3.63) is 34.4 Å². The van der Waals surface area contributed by atoms with Gasteiger partial charge in [0.2, 0.25) is 0 Å². The molecular formula is C21H25N3O11S. The molecule has 5 atom stereocenters. The van der Waals surface area contributed by atoms with E-state index in [0.717, 1.165) is 27.7 Å². The normalized spacial score (nSPS) is 22.9. The molecule has 0 aromatic heterocycles. The molecule has 1 heterocycles. The molecule has 36 heavy (non-hydrogen) atoms. The van der Waals surface area contributed by atoms with Gasteiger partial charge in [-0.1, -0.05) is 12.1 Å². The number of nitro benzene ring substituents is 1. The maximum absolute atomic E-state index is 11.9. The second kappa shape index (κ2) is 12.7. The topological polar surface area (TPSA) is 182 Å². The number of hydrogen-bond acceptors (Lipinski definition) is 12. The number of esters is 4. The predicted octanol–water partition coefficient (Wildman–Crippen LogP) is 0.964. The monoisotopic (exact) mass is 527 g/mol. The molecule has 2 N–H and O–H groups in total. The van der Waals surface area contributed by atoms with Crippen LogP contribution in [0.1, 0.15) is 27.7 Å². The van der Waals surface area contributed by atoms with Crippen molar-refractivity contribution >= 4 is 52.6 Å². The van der Waals surface area contributed by atoms with Crippen LogP contribution < -0.4 is 10.6 Å². The van der Waals surface area contributed by atoms with E-state index in [9.17, 15) is 29.3 Å². The first-order valence-corrected chi connectivity index (χ1v) is 10.9. The summed E-state index contributed by atoms with van der Waals surface area (Å²) in [6.07, 6.45) is -6.62. The number of thiocarbonyl (C=S) groups is 1. The van der Waals surface area contributed by atoms with Crippen LogP contribution in [0.4, 0.5) is 11.4 Å². The first kappa shape index (κ1) is 28.4. The van der Waals surface area contributed by atoms with Gasteiger partial charge in [0.05, 0.1) is 4.92 Å². The fourth-order valence-corrected chi connectivity index (χ4v) is 3.60. The third-order valence-electron chi connectivity index (χ3n) is 4.61. The summed E-state index contributed by atoms with van der Waals surface area (Å²) < 4.78 is 26.8. The fourth-order valence-electron chi connectivity index (χ4n) is 3.37. The summed E-state index contributed by atoms with van der Waals surface area (Å²) in [5.41, 5.74) is -0.200. The Morgan fingerprint density at radius 1 is 0.944 bits per heavy atom. The van der Waals surface area contributed by atoms with Crippen LogP contribution >= 0.6 is 12.2 Å². The Morgan fingerprint density at radius 3 is 2.06 bits per heavy atom. The molecule has 15 heteroatoms. The van der Waals surface area contributed by atoms with Crippen LogP contribution in [0.15, 0.2) is 24.3 Å². The third kappa shape index (κ3) is 8.13. The van der Waals surface area contributed by atoms with Crippen LogP contribution in [0.25, 0.3) is 0 Å². The number of carbonyl (C=O) groups excluding carboxylic acids is 4. The second-order valence-corrected chi connectivity index (χ2v) is 7.90. The van der Waals surface area contributed by atoms with Crippen LogP contribution in [0.2, 0.25) is 0 Å². The van der Waals surface area contributed by atoms with Gasteiger partial charge < -0.3 is 34.3 Å². The van der Waals surface area contributed by atoms with E-state index in [4.69, 9.17) is 35.9 Å².